The molecule has 1 heterocycles. The van der Waals surface area contributed by atoms with Gasteiger partial charge < -0.3 is 19.6 Å². The van der Waals surface area contributed by atoms with Gasteiger partial charge in [0.15, 0.2) is 0 Å². The lowest BCUT2D eigenvalue weighted by molar-refractivity contribution is -0.141. The third-order valence-corrected chi connectivity index (χ3v) is 3.19. The minimum Gasteiger partial charge on any atom is -0.469 e. The van der Waals surface area contributed by atoms with Crippen molar-refractivity contribution in [2.45, 2.75) is 38.7 Å². The molecule has 1 aromatic heterocycles. The van der Waals surface area contributed by atoms with Crippen molar-refractivity contribution in [3.63, 3.8) is 0 Å². The average molecular weight is 283 g/mol. The zero-order valence-corrected chi connectivity index (χ0v) is 11.9. The fourth-order valence-corrected chi connectivity index (χ4v) is 2.07. The van der Waals surface area contributed by atoms with Crippen LogP contribution in [-0.2, 0) is 38.5 Å². The number of hydrogen-bond acceptors (Lipinski definition) is 5. The molecule has 20 heavy (non-hydrogen) atoms. The molecule has 6 heteroatoms. The number of hydrogen-bond donors (Lipinski definition) is 2. The van der Waals surface area contributed by atoms with Crippen molar-refractivity contribution in [1.29, 1.82) is 0 Å². The zero-order valence-electron chi connectivity index (χ0n) is 11.9. The number of aliphatic hydroxyl groups is 1. The molecule has 112 valence electrons. The summed E-state index contributed by atoms with van der Waals surface area (Å²) in [6.07, 6.45) is 4.32. The van der Waals surface area contributed by atoms with Crippen LogP contribution < -0.4 is 0 Å². The van der Waals surface area contributed by atoms with Crippen molar-refractivity contribution < 1.29 is 24.2 Å². The summed E-state index contributed by atoms with van der Waals surface area (Å²) in [5.41, 5.74) is 2.66. The second-order valence-corrected chi connectivity index (χ2v) is 4.43. The van der Waals surface area contributed by atoms with Gasteiger partial charge in [-0.25, -0.2) is 0 Å². The average Bonchev–Trinajstić information content (AvgIpc) is 2.86. The van der Waals surface area contributed by atoms with Crippen LogP contribution in [0.2, 0.25) is 0 Å². The maximum absolute atomic E-state index is 11.2. The van der Waals surface area contributed by atoms with Gasteiger partial charge in [-0.05, 0) is 30.4 Å². The van der Waals surface area contributed by atoms with Gasteiger partial charge in [0.1, 0.15) is 0 Å². The Morgan fingerprint density at radius 2 is 1.80 bits per heavy atom. The third kappa shape index (κ3) is 4.70. The predicted molar refractivity (Wildman–Crippen MR) is 72.0 cm³/mol. The van der Waals surface area contributed by atoms with Crippen molar-refractivity contribution >= 4 is 11.9 Å². The van der Waals surface area contributed by atoms with Crippen molar-refractivity contribution in [3.8, 4) is 0 Å². The second-order valence-electron chi connectivity index (χ2n) is 4.43. The van der Waals surface area contributed by atoms with Gasteiger partial charge in [-0.15, -0.1) is 0 Å². The Balaban J connectivity index is 2.63. The summed E-state index contributed by atoms with van der Waals surface area (Å²) >= 11 is 0. The molecule has 1 rings (SSSR count). The van der Waals surface area contributed by atoms with Crippen LogP contribution in [0.4, 0.5) is 0 Å². The number of rotatable bonds is 8. The number of aromatic nitrogens is 1. The number of aliphatic hydroxyl groups excluding tert-OH is 1. The minimum atomic E-state index is -0.282. The smallest absolute Gasteiger partial charge is 0.305 e. The van der Waals surface area contributed by atoms with E-state index in [-0.39, 0.29) is 25.0 Å². The van der Waals surface area contributed by atoms with E-state index >= 15 is 0 Å². The van der Waals surface area contributed by atoms with Crippen LogP contribution in [0, 0.1) is 0 Å². The fraction of sp³-hybridized carbons (Fsp3) is 0.571. The first-order valence-corrected chi connectivity index (χ1v) is 6.54. The van der Waals surface area contributed by atoms with Crippen LogP contribution in [0.5, 0.6) is 0 Å². The molecule has 0 aromatic carbocycles. The summed E-state index contributed by atoms with van der Waals surface area (Å²) in [5, 5.41) is 9.28. The number of aromatic amines is 1. The lowest BCUT2D eigenvalue weighted by atomic mass is 10.0. The molecule has 0 saturated carbocycles. The van der Waals surface area contributed by atoms with E-state index in [9.17, 15) is 14.7 Å². The summed E-state index contributed by atoms with van der Waals surface area (Å²) in [6, 6.07) is 0. The Morgan fingerprint density at radius 1 is 1.15 bits per heavy atom. The van der Waals surface area contributed by atoms with Gasteiger partial charge in [-0.2, -0.15) is 0 Å². The SMILES string of the molecule is COC(=O)CCCc1c[nH]c(CO)c1CCC(=O)OC. The minimum absolute atomic E-state index is 0.104. The molecule has 0 radical (unpaired) electrons. The first-order chi connectivity index (χ1) is 9.62. The first kappa shape index (κ1) is 16.2. The Labute approximate surface area is 118 Å². The Bertz CT molecular complexity index is 452. The number of esters is 2. The molecule has 1 aromatic rings. The summed E-state index contributed by atoms with van der Waals surface area (Å²) in [6.45, 7) is -0.104. The fourth-order valence-electron chi connectivity index (χ4n) is 2.07. The van der Waals surface area contributed by atoms with Crippen LogP contribution >= 0.6 is 0 Å². The molecule has 0 amide bonds. The number of carbonyl (C=O) groups is 2. The van der Waals surface area contributed by atoms with Crippen LogP contribution in [0.1, 0.15) is 36.1 Å². The van der Waals surface area contributed by atoms with E-state index in [1.165, 1.54) is 14.2 Å². The standard InChI is InChI=1S/C14H21NO5/c1-19-13(17)5-3-4-10-8-15-12(9-16)11(10)6-7-14(18)20-2/h8,15-16H,3-7,9H2,1-2H3. The third-order valence-electron chi connectivity index (χ3n) is 3.19. The van der Waals surface area contributed by atoms with Gasteiger partial charge in [0.2, 0.25) is 0 Å². The molecule has 0 atom stereocenters. The molecule has 0 aliphatic heterocycles. The topological polar surface area (TPSA) is 88.6 Å². The quantitative estimate of drug-likeness (QED) is 0.698. The molecule has 0 aliphatic rings. The molecular formula is C14H21NO5. The highest BCUT2D eigenvalue weighted by atomic mass is 16.5. The number of carbonyl (C=O) groups excluding carboxylic acids is 2. The number of aryl methyl sites for hydroxylation is 1. The van der Waals surface area contributed by atoms with Gasteiger partial charge in [0.05, 0.1) is 20.8 Å². The lowest BCUT2D eigenvalue weighted by Crippen LogP contribution is -2.05. The molecule has 0 aliphatic carbocycles. The number of H-pyrrole nitrogens is 1. The van der Waals surface area contributed by atoms with E-state index in [1.54, 1.807) is 0 Å². The normalized spacial score (nSPS) is 10.3. The Hall–Kier alpha value is -1.82. The molecule has 0 unspecified atom stereocenters. The van der Waals surface area contributed by atoms with Gasteiger partial charge in [-0.1, -0.05) is 0 Å². The van der Waals surface area contributed by atoms with Crippen molar-refractivity contribution in [1.82, 2.24) is 4.98 Å². The van der Waals surface area contributed by atoms with Crippen LogP contribution in [0.3, 0.4) is 0 Å². The maximum Gasteiger partial charge on any atom is 0.305 e. The van der Waals surface area contributed by atoms with E-state index in [4.69, 9.17) is 0 Å². The van der Waals surface area contributed by atoms with Crippen molar-refractivity contribution in [2.75, 3.05) is 14.2 Å². The van der Waals surface area contributed by atoms with Crippen LogP contribution in [0.15, 0.2) is 6.20 Å². The van der Waals surface area contributed by atoms with Gasteiger partial charge in [-0.3, -0.25) is 9.59 Å². The molecule has 2 N–H and O–H groups in total. The summed E-state index contributed by atoms with van der Waals surface area (Å²) in [4.78, 5) is 25.3. The molecule has 0 saturated heterocycles. The Morgan fingerprint density at radius 3 is 2.40 bits per heavy atom. The largest absolute Gasteiger partial charge is 0.469 e. The summed E-state index contributed by atoms with van der Waals surface area (Å²) in [5.74, 6) is -0.519. The monoisotopic (exact) mass is 283 g/mol. The van der Waals surface area contributed by atoms with Gasteiger partial charge in [0, 0.05) is 24.7 Å². The van der Waals surface area contributed by atoms with Crippen molar-refractivity contribution in [3.05, 3.63) is 23.0 Å². The van der Waals surface area contributed by atoms with E-state index in [0.29, 0.717) is 31.4 Å². The maximum atomic E-state index is 11.2. The van der Waals surface area contributed by atoms with E-state index in [1.807, 2.05) is 6.20 Å². The first-order valence-electron chi connectivity index (χ1n) is 6.54. The molecule has 6 nitrogen and oxygen atoms in total. The molecule has 0 fully saturated rings. The van der Waals surface area contributed by atoms with E-state index < -0.39 is 0 Å². The Kier molecular flexibility index (Phi) is 6.79. The molecule has 0 bridgehead atoms. The molecular weight excluding hydrogens is 262 g/mol. The van der Waals surface area contributed by atoms with Crippen LogP contribution in [0.25, 0.3) is 0 Å². The highest BCUT2D eigenvalue weighted by molar-refractivity contribution is 5.70. The number of nitrogens with one attached hydrogen (secondary N) is 1. The van der Waals surface area contributed by atoms with Crippen molar-refractivity contribution in [2.24, 2.45) is 0 Å². The van der Waals surface area contributed by atoms with E-state index in [2.05, 4.69) is 14.5 Å². The highest BCUT2D eigenvalue weighted by Gasteiger charge is 2.13. The highest BCUT2D eigenvalue weighted by Crippen LogP contribution is 2.19. The predicted octanol–water partition coefficient (Wildman–Crippen LogP) is 1.11. The number of ether oxygens (including phenoxy) is 2. The van der Waals surface area contributed by atoms with E-state index in [0.717, 1.165) is 11.1 Å². The second kappa shape index (κ2) is 8.37. The van der Waals surface area contributed by atoms with Gasteiger partial charge in [0.25, 0.3) is 0 Å². The summed E-state index contributed by atoms with van der Waals surface area (Å²) in [7, 11) is 2.72. The zero-order chi connectivity index (χ0) is 15.0. The van der Waals surface area contributed by atoms with Gasteiger partial charge >= 0.3 is 11.9 Å². The summed E-state index contributed by atoms with van der Waals surface area (Å²) < 4.78 is 9.21. The lowest BCUT2D eigenvalue weighted by Gasteiger charge is -2.06. The van der Waals surface area contributed by atoms with Crippen LogP contribution in [-0.4, -0.2) is 36.2 Å². The number of methoxy groups -OCH3 is 2. The molecule has 0 spiro atoms.